The molecule has 0 radical (unpaired) electrons. The lowest BCUT2D eigenvalue weighted by molar-refractivity contribution is 0.0904. The van der Waals surface area contributed by atoms with Crippen molar-refractivity contribution in [1.29, 1.82) is 0 Å². The van der Waals surface area contributed by atoms with Crippen LogP contribution in [0.1, 0.15) is 18.4 Å². The summed E-state index contributed by atoms with van der Waals surface area (Å²) in [5.74, 6) is 0. The van der Waals surface area contributed by atoms with Crippen LogP contribution in [0.5, 0.6) is 0 Å². The van der Waals surface area contributed by atoms with E-state index in [1.54, 1.807) is 0 Å². The highest BCUT2D eigenvalue weighted by molar-refractivity contribution is 14.1. The summed E-state index contributed by atoms with van der Waals surface area (Å²) in [6, 6.07) is 13.7. The van der Waals surface area contributed by atoms with Gasteiger partial charge in [-0.05, 0) is 30.5 Å². The second-order valence-electron chi connectivity index (χ2n) is 9.46. The van der Waals surface area contributed by atoms with E-state index >= 15 is 0 Å². The number of rotatable bonds is 8. The molecule has 0 unspecified atom stereocenters. The van der Waals surface area contributed by atoms with Crippen LogP contribution in [0.4, 0.5) is 0 Å². The summed E-state index contributed by atoms with van der Waals surface area (Å²) in [6.45, 7) is 8.20. The van der Waals surface area contributed by atoms with E-state index in [4.69, 9.17) is 32.9 Å². The van der Waals surface area contributed by atoms with Gasteiger partial charge in [0.2, 0.25) is 0 Å². The van der Waals surface area contributed by atoms with E-state index in [2.05, 4.69) is 66.5 Å². The smallest absolute Gasteiger partial charge is 0.124 e. The summed E-state index contributed by atoms with van der Waals surface area (Å²) in [4.78, 5) is 4.83. The minimum atomic E-state index is -1.12. The van der Waals surface area contributed by atoms with Crippen LogP contribution in [0.2, 0.25) is 35.9 Å². The Morgan fingerprint density at radius 1 is 1.13 bits per heavy atom. The first kappa shape index (κ1) is 22.6. The third-order valence-electron chi connectivity index (χ3n) is 5.89. The standard InChI is InChI=1S/C23H27Cl2IN2OSi/c1-30(2,3)11-10-29-15-28-20-12-18(24)22(27-19(20)13-21(28)25)16-4-6-17(7-5-16)23(14-26)8-9-23/h4-7,12-13H,8-11,14-15H2,1-3H3. The maximum absolute atomic E-state index is 6.65. The van der Waals surface area contributed by atoms with Crippen LogP contribution in [0.25, 0.3) is 22.3 Å². The van der Waals surface area contributed by atoms with Crippen molar-refractivity contribution in [2.45, 2.75) is 50.7 Å². The molecule has 3 nitrogen and oxygen atoms in total. The van der Waals surface area contributed by atoms with Gasteiger partial charge in [-0.1, -0.05) is 89.7 Å². The van der Waals surface area contributed by atoms with Crippen LogP contribution < -0.4 is 0 Å². The minimum Gasteiger partial charge on any atom is -0.361 e. The first-order valence-corrected chi connectivity index (χ1v) is 16.3. The van der Waals surface area contributed by atoms with Crippen LogP contribution >= 0.6 is 45.8 Å². The Morgan fingerprint density at radius 3 is 2.43 bits per heavy atom. The molecule has 0 spiro atoms. The predicted molar refractivity (Wildman–Crippen MR) is 139 cm³/mol. The number of halogens is 3. The minimum absolute atomic E-state index is 0.389. The summed E-state index contributed by atoms with van der Waals surface area (Å²) >= 11 is 15.6. The molecule has 0 bridgehead atoms. The Bertz CT molecular complexity index is 1060. The van der Waals surface area contributed by atoms with Crippen LogP contribution in [0.15, 0.2) is 36.4 Å². The zero-order chi connectivity index (χ0) is 21.5. The fourth-order valence-corrected chi connectivity index (χ4v) is 6.08. The van der Waals surface area contributed by atoms with Gasteiger partial charge >= 0.3 is 0 Å². The van der Waals surface area contributed by atoms with Gasteiger partial charge in [-0.15, -0.1) is 0 Å². The van der Waals surface area contributed by atoms with Crippen molar-refractivity contribution in [1.82, 2.24) is 9.55 Å². The summed E-state index contributed by atoms with van der Waals surface area (Å²) < 4.78 is 9.00. The molecule has 4 rings (SSSR count). The molecular formula is C23H27Cl2IN2OSi. The first-order chi connectivity index (χ1) is 14.2. The number of alkyl halides is 1. The van der Waals surface area contributed by atoms with Crippen LogP contribution in [-0.2, 0) is 16.9 Å². The van der Waals surface area contributed by atoms with Gasteiger partial charge in [0.1, 0.15) is 11.9 Å². The van der Waals surface area contributed by atoms with Crippen molar-refractivity contribution in [2.75, 3.05) is 11.0 Å². The van der Waals surface area contributed by atoms with E-state index in [9.17, 15) is 0 Å². The molecule has 3 aromatic rings. The molecule has 0 aliphatic heterocycles. The number of fused-ring (bicyclic) bond motifs is 1. The molecule has 160 valence electrons. The molecule has 0 atom stereocenters. The highest BCUT2D eigenvalue weighted by Crippen LogP contribution is 2.49. The number of pyridine rings is 1. The number of nitrogens with zero attached hydrogens (tertiary/aromatic N) is 2. The lowest BCUT2D eigenvalue weighted by atomic mass is 9.96. The monoisotopic (exact) mass is 572 g/mol. The molecule has 7 heteroatoms. The van der Waals surface area contributed by atoms with E-state index in [-0.39, 0.29) is 0 Å². The van der Waals surface area contributed by atoms with Crippen LogP contribution in [-0.4, -0.2) is 28.7 Å². The van der Waals surface area contributed by atoms with Crippen LogP contribution in [0, 0.1) is 0 Å². The number of benzene rings is 1. The van der Waals surface area contributed by atoms with Gasteiger partial charge in [0.25, 0.3) is 0 Å². The summed E-state index contributed by atoms with van der Waals surface area (Å²) in [5, 5.41) is 1.25. The zero-order valence-corrected chi connectivity index (χ0v) is 22.3. The van der Waals surface area contributed by atoms with Crippen LogP contribution in [0.3, 0.4) is 0 Å². The maximum atomic E-state index is 6.65. The molecule has 0 amide bonds. The SMILES string of the molecule is C[Si](C)(C)CCOCn1c(Cl)cc2nc(-c3ccc(C4(CI)CC4)cc3)c(Cl)cc21. The fraction of sp³-hybridized carbons (Fsp3) is 0.435. The lowest BCUT2D eigenvalue weighted by Crippen LogP contribution is -2.22. The molecule has 1 aliphatic carbocycles. The Balaban J connectivity index is 1.57. The van der Waals surface area contributed by atoms with E-state index < -0.39 is 8.07 Å². The second kappa shape index (κ2) is 8.74. The molecule has 1 aliphatic rings. The predicted octanol–water partition coefficient (Wildman–Crippen LogP) is 7.79. The summed E-state index contributed by atoms with van der Waals surface area (Å²) in [5.41, 5.74) is 5.38. The van der Waals surface area contributed by atoms with Gasteiger partial charge in [0, 0.05) is 36.2 Å². The summed E-state index contributed by atoms with van der Waals surface area (Å²) in [7, 11) is -1.12. The quantitative estimate of drug-likeness (QED) is 0.119. The molecule has 1 fully saturated rings. The van der Waals surface area contributed by atoms with E-state index in [1.807, 2.05) is 16.7 Å². The third-order valence-corrected chi connectivity index (χ3v) is 9.65. The summed E-state index contributed by atoms with van der Waals surface area (Å²) in [6.07, 6.45) is 2.57. The van der Waals surface area contributed by atoms with Crippen molar-refractivity contribution in [3.8, 4) is 11.3 Å². The van der Waals surface area contributed by atoms with Gasteiger partial charge in [0.05, 0.1) is 21.7 Å². The fourth-order valence-electron chi connectivity index (χ4n) is 3.62. The number of hydrogen-bond acceptors (Lipinski definition) is 2. The molecule has 2 aromatic heterocycles. The van der Waals surface area contributed by atoms with Crippen molar-refractivity contribution in [3.05, 3.63) is 52.1 Å². The van der Waals surface area contributed by atoms with E-state index in [1.165, 1.54) is 22.8 Å². The number of ether oxygens (including phenoxy) is 1. The second-order valence-corrected chi connectivity index (χ2v) is 16.6. The topological polar surface area (TPSA) is 27.1 Å². The van der Waals surface area contributed by atoms with Gasteiger partial charge in [-0.3, -0.25) is 0 Å². The Morgan fingerprint density at radius 2 is 1.83 bits per heavy atom. The zero-order valence-electron chi connectivity index (χ0n) is 17.6. The van der Waals surface area contributed by atoms with Gasteiger partial charge < -0.3 is 9.30 Å². The average Bonchev–Trinajstić information content (AvgIpc) is 3.44. The molecular weight excluding hydrogens is 546 g/mol. The highest BCUT2D eigenvalue weighted by Gasteiger charge is 2.42. The molecule has 1 saturated carbocycles. The van der Waals surface area contributed by atoms with E-state index in [0.29, 0.717) is 22.3 Å². The normalized spacial score (nSPS) is 15.7. The molecule has 2 heterocycles. The van der Waals surface area contributed by atoms with Crippen molar-refractivity contribution in [3.63, 3.8) is 0 Å². The van der Waals surface area contributed by atoms with Gasteiger partial charge in [-0.25, -0.2) is 4.98 Å². The van der Waals surface area contributed by atoms with Crippen molar-refractivity contribution < 1.29 is 4.74 Å². The molecule has 1 aromatic carbocycles. The third kappa shape index (κ3) is 4.75. The molecule has 0 saturated heterocycles. The van der Waals surface area contributed by atoms with Gasteiger partial charge in [-0.2, -0.15) is 0 Å². The average molecular weight is 573 g/mol. The molecule has 30 heavy (non-hydrogen) atoms. The largest absolute Gasteiger partial charge is 0.361 e. The number of aromatic nitrogens is 2. The first-order valence-electron chi connectivity index (χ1n) is 10.3. The Labute approximate surface area is 203 Å². The maximum Gasteiger partial charge on any atom is 0.124 e. The van der Waals surface area contributed by atoms with Crippen molar-refractivity contribution >= 4 is 64.9 Å². The molecule has 0 N–H and O–H groups in total. The Hall–Kier alpha value is -0.603. The number of hydrogen-bond donors (Lipinski definition) is 0. The highest BCUT2D eigenvalue weighted by atomic mass is 127. The van der Waals surface area contributed by atoms with E-state index in [0.717, 1.165) is 34.9 Å². The van der Waals surface area contributed by atoms with Crippen molar-refractivity contribution in [2.24, 2.45) is 0 Å². The Kier molecular flexibility index (Phi) is 6.58. The lowest BCUT2D eigenvalue weighted by Gasteiger charge is -2.16. The van der Waals surface area contributed by atoms with Gasteiger partial charge in [0.15, 0.2) is 0 Å².